The molecule has 0 saturated carbocycles. The molecule has 3 aromatic rings. The Hall–Kier alpha value is -2.21. The van der Waals surface area contributed by atoms with Gasteiger partial charge in [0.15, 0.2) is 0 Å². The summed E-state index contributed by atoms with van der Waals surface area (Å²) in [5.74, 6) is 0.925. The van der Waals surface area contributed by atoms with Gasteiger partial charge in [-0.15, -0.1) is 0 Å². The fraction of sp³-hybridized carbons (Fsp3) is 0. The van der Waals surface area contributed by atoms with Crippen molar-refractivity contribution < 1.29 is 4.52 Å². The van der Waals surface area contributed by atoms with Gasteiger partial charge in [0.25, 0.3) is 5.89 Å². The van der Waals surface area contributed by atoms with E-state index < -0.39 is 0 Å². The van der Waals surface area contributed by atoms with E-state index in [4.69, 9.17) is 10.3 Å². The summed E-state index contributed by atoms with van der Waals surface area (Å²) in [7, 11) is 0. The van der Waals surface area contributed by atoms with E-state index in [1.807, 2.05) is 18.2 Å². The molecule has 2 heterocycles. The second-order valence-electron chi connectivity index (χ2n) is 3.94. The first kappa shape index (κ1) is 11.9. The van der Waals surface area contributed by atoms with Crippen LogP contribution in [0.4, 0.5) is 5.69 Å². The molecule has 94 valence electrons. The lowest BCUT2D eigenvalue weighted by atomic mass is 10.2. The highest BCUT2D eigenvalue weighted by Crippen LogP contribution is 2.24. The fourth-order valence-electron chi connectivity index (χ4n) is 1.66. The molecule has 0 amide bonds. The van der Waals surface area contributed by atoms with Crippen LogP contribution in [-0.4, -0.2) is 15.1 Å². The first-order valence-electron chi connectivity index (χ1n) is 5.53. The van der Waals surface area contributed by atoms with E-state index in [9.17, 15) is 0 Å². The van der Waals surface area contributed by atoms with Gasteiger partial charge in [-0.3, -0.25) is 4.98 Å². The maximum absolute atomic E-state index is 5.73. The molecule has 0 atom stereocenters. The zero-order valence-corrected chi connectivity index (χ0v) is 11.3. The number of nitrogens with two attached hydrogens (primary N) is 1. The predicted octanol–water partition coefficient (Wildman–Crippen LogP) is 3.14. The van der Waals surface area contributed by atoms with Crippen LogP contribution in [0.25, 0.3) is 22.8 Å². The third kappa shape index (κ3) is 2.48. The molecule has 0 unspecified atom stereocenters. The smallest absolute Gasteiger partial charge is 0.258 e. The molecule has 0 aliphatic carbocycles. The van der Waals surface area contributed by atoms with Crippen LogP contribution in [-0.2, 0) is 0 Å². The van der Waals surface area contributed by atoms with E-state index in [-0.39, 0.29) is 0 Å². The zero-order chi connectivity index (χ0) is 13.2. The second kappa shape index (κ2) is 4.81. The Morgan fingerprint density at radius 2 is 2.00 bits per heavy atom. The molecule has 2 aromatic heterocycles. The number of aromatic nitrogens is 3. The maximum atomic E-state index is 5.73. The summed E-state index contributed by atoms with van der Waals surface area (Å²) >= 11 is 3.36. The number of nitrogen functional groups attached to an aromatic ring is 1. The Morgan fingerprint density at radius 1 is 1.11 bits per heavy atom. The van der Waals surface area contributed by atoms with Crippen molar-refractivity contribution in [2.75, 3.05) is 5.73 Å². The van der Waals surface area contributed by atoms with Crippen molar-refractivity contribution in [2.45, 2.75) is 0 Å². The molecule has 0 spiro atoms. The molecule has 0 fully saturated rings. The third-order valence-corrected chi connectivity index (χ3v) is 2.96. The number of anilines is 1. The Morgan fingerprint density at radius 3 is 2.79 bits per heavy atom. The lowest BCUT2D eigenvalue weighted by Crippen LogP contribution is -1.86. The van der Waals surface area contributed by atoms with Crippen LogP contribution in [0.2, 0.25) is 0 Å². The minimum absolute atomic E-state index is 0.433. The van der Waals surface area contributed by atoms with Gasteiger partial charge in [-0.05, 0) is 40.2 Å². The summed E-state index contributed by atoms with van der Waals surface area (Å²) in [6.07, 6.45) is 3.38. The second-order valence-corrected chi connectivity index (χ2v) is 4.86. The Bertz CT molecular complexity index is 666. The molecule has 0 saturated heterocycles. The highest BCUT2D eigenvalue weighted by atomic mass is 79.9. The van der Waals surface area contributed by atoms with Crippen molar-refractivity contribution in [3.8, 4) is 22.8 Å². The van der Waals surface area contributed by atoms with Crippen molar-refractivity contribution >= 4 is 21.6 Å². The van der Waals surface area contributed by atoms with E-state index in [0.717, 1.165) is 15.6 Å². The molecule has 0 bridgehead atoms. The van der Waals surface area contributed by atoms with Crippen LogP contribution in [0.5, 0.6) is 0 Å². The summed E-state index contributed by atoms with van der Waals surface area (Å²) in [4.78, 5) is 8.41. The highest BCUT2D eigenvalue weighted by Gasteiger charge is 2.11. The van der Waals surface area contributed by atoms with Gasteiger partial charge in [0, 0.05) is 33.7 Å². The van der Waals surface area contributed by atoms with Crippen molar-refractivity contribution in [1.29, 1.82) is 0 Å². The van der Waals surface area contributed by atoms with Gasteiger partial charge in [-0.25, -0.2) is 0 Å². The van der Waals surface area contributed by atoms with Crippen LogP contribution in [0.3, 0.4) is 0 Å². The minimum atomic E-state index is 0.433. The molecule has 2 N–H and O–H groups in total. The number of hydrogen-bond donors (Lipinski definition) is 1. The average Bonchev–Trinajstić information content (AvgIpc) is 2.88. The average molecular weight is 317 g/mol. The van der Waals surface area contributed by atoms with E-state index in [1.54, 1.807) is 24.5 Å². The van der Waals surface area contributed by atoms with Gasteiger partial charge in [0.1, 0.15) is 0 Å². The van der Waals surface area contributed by atoms with Gasteiger partial charge in [0.2, 0.25) is 5.82 Å². The Balaban J connectivity index is 2.00. The lowest BCUT2D eigenvalue weighted by Gasteiger charge is -1.95. The zero-order valence-electron chi connectivity index (χ0n) is 9.75. The summed E-state index contributed by atoms with van der Waals surface area (Å²) in [6, 6.07) is 9.18. The van der Waals surface area contributed by atoms with Crippen LogP contribution >= 0.6 is 15.9 Å². The first-order valence-corrected chi connectivity index (χ1v) is 6.32. The summed E-state index contributed by atoms with van der Waals surface area (Å²) in [5.41, 5.74) is 7.96. The molecule has 0 aliphatic rings. The van der Waals surface area contributed by atoms with E-state index in [0.29, 0.717) is 17.4 Å². The fourth-order valence-corrected chi connectivity index (χ4v) is 2.03. The molecule has 1 aromatic carbocycles. The molecule has 5 nitrogen and oxygen atoms in total. The van der Waals surface area contributed by atoms with E-state index in [1.165, 1.54) is 0 Å². The maximum Gasteiger partial charge on any atom is 0.258 e. The number of pyridine rings is 1. The number of benzene rings is 1. The van der Waals surface area contributed by atoms with Gasteiger partial charge in [-0.1, -0.05) is 11.2 Å². The molecule has 0 radical (unpaired) electrons. The molecule has 0 aliphatic heterocycles. The van der Waals surface area contributed by atoms with Crippen LogP contribution < -0.4 is 5.73 Å². The highest BCUT2D eigenvalue weighted by molar-refractivity contribution is 9.10. The van der Waals surface area contributed by atoms with Crippen molar-refractivity contribution in [2.24, 2.45) is 0 Å². The summed E-state index contributed by atoms with van der Waals surface area (Å²) in [6.45, 7) is 0. The monoisotopic (exact) mass is 316 g/mol. The van der Waals surface area contributed by atoms with E-state index in [2.05, 4.69) is 31.1 Å². The SMILES string of the molecule is Nc1cccc(-c2nc(-c3cncc(Br)c3)no2)c1. The van der Waals surface area contributed by atoms with Crippen molar-refractivity contribution in [3.05, 3.63) is 47.2 Å². The van der Waals surface area contributed by atoms with Gasteiger partial charge >= 0.3 is 0 Å². The summed E-state index contributed by atoms with van der Waals surface area (Å²) < 4.78 is 6.10. The number of hydrogen-bond acceptors (Lipinski definition) is 5. The normalized spacial score (nSPS) is 10.6. The van der Waals surface area contributed by atoms with Crippen LogP contribution in [0, 0.1) is 0 Å². The van der Waals surface area contributed by atoms with Crippen LogP contribution in [0.1, 0.15) is 0 Å². The van der Waals surface area contributed by atoms with Gasteiger partial charge in [-0.2, -0.15) is 4.98 Å². The largest absolute Gasteiger partial charge is 0.399 e. The molecule has 6 heteroatoms. The number of halogens is 1. The first-order chi connectivity index (χ1) is 9.22. The molecular formula is C13H9BrN4O. The van der Waals surface area contributed by atoms with Gasteiger partial charge < -0.3 is 10.3 Å². The lowest BCUT2D eigenvalue weighted by molar-refractivity contribution is 0.432. The molecule has 3 rings (SSSR count). The van der Waals surface area contributed by atoms with Gasteiger partial charge in [0.05, 0.1) is 0 Å². The number of nitrogens with zero attached hydrogens (tertiary/aromatic N) is 3. The number of rotatable bonds is 2. The third-order valence-electron chi connectivity index (χ3n) is 2.52. The minimum Gasteiger partial charge on any atom is -0.399 e. The van der Waals surface area contributed by atoms with E-state index >= 15 is 0 Å². The Kier molecular flexibility index (Phi) is 3.00. The predicted molar refractivity (Wildman–Crippen MR) is 75.1 cm³/mol. The Labute approximate surface area is 117 Å². The summed E-state index contributed by atoms with van der Waals surface area (Å²) in [5, 5.41) is 3.95. The quantitative estimate of drug-likeness (QED) is 0.735. The van der Waals surface area contributed by atoms with Crippen LogP contribution in [0.15, 0.2) is 51.7 Å². The van der Waals surface area contributed by atoms with Crippen molar-refractivity contribution in [1.82, 2.24) is 15.1 Å². The van der Waals surface area contributed by atoms with Crippen molar-refractivity contribution in [3.63, 3.8) is 0 Å². The molecule has 19 heavy (non-hydrogen) atoms. The topological polar surface area (TPSA) is 77.8 Å². The standard InChI is InChI=1S/C13H9BrN4O/c14-10-4-9(6-16-7-10)12-17-13(19-18-12)8-2-1-3-11(15)5-8/h1-7H,15H2. The molecular weight excluding hydrogens is 308 g/mol.